The Balaban J connectivity index is 4.01. The third-order valence-electron chi connectivity index (χ3n) is 1.65. The average molecular weight is 180 g/mol. The lowest BCUT2D eigenvalue weighted by Gasteiger charge is -2.14. The zero-order valence-corrected chi connectivity index (χ0v) is 8.49. The first-order valence-corrected chi connectivity index (χ1v) is 6.53. The lowest BCUT2D eigenvalue weighted by Crippen LogP contribution is -1.94. The van der Waals surface area contributed by atoms with Crippen LogP contribution in [0.2, 0.25) is 0 Å². The van der Waals surface area contributed by atoms with Crippen LogP contribution in [0.4, 0.5) is 0 Å². The maximum absolute atomic E-state index is 10.5. The maximum Gasteiger partial charge on any atom is 0.322 e. The Morgan fingerprint density at radius 3 is 1.70 bits per heavy atom. The van der Waals surface area contributed by atoms with Crippen molar-refractivity contribution >= 4 is 15.6 Å². The van der Waals surface area contributed by atoms with Gasteiger partial charge in [-0.3, -0.25) is 0 Å². The minimum atomic E-state index is -2.18. The molecule has 0 heterocycles. The van der Waals surface area contributed by atoms with Crippen molar-refractivity contribution in [2.75, 3.05) is 12.3 Å². The van der Waals surface area contributed by atoms with Crippen LogP contribution in [0, 0.1) is 0 Å². The number of hydrogen-bond acceptors (Lipinski definition) is 2. The fourth-order valence-corrected chi connectivity index (χ4v) is 4.44. The summed E-state index contributed by atoms with van der Waals surface area (Å²) in [5.74, 6) is 0. The predicted molar refractivity (Wildman–Crippen MR) is 45.8 cm³/mol. The summed E-state index contributed by atoms with van der Waals surface area (Å²) in [6, 6.07) is 0. The van der Waals surface area contributed by atoms with E-state index in [1.165, 1.54) is 0 Å². The van der Waals surface area contributed by atoms with E-state index in [1.54, 1.807) is 0 Å². The standard InChI is InChI=1S/C6H14O2P2/c1-4-9(5-2)6(3)10(7)8/h6H,4-5H2,1-3H3. The maximum atomic E-state index is 10.5. The number of hydrogen-bond donors (Lipinski definition) is 0. The van der Waals surface area contributed by atoms with Crippen LogP contribution in [0.15, 0.2) is 0 Å². The summed E-state index contributed by atoms with van der Waals surface area (Å²) in [5.41, 5.74) is 0. The first kappa shape index (κ1) is 10.3. The van der Waals surface area contributed by atoms with Crippen LogP contribution < -0.4 is 0 Å². The minimum Gasteiger partial charge on any atom is -0.237 e. The molecule has 60 valence electrons. The third kappa shape index (κ3) is 2.94. The topological polar surface area (TPSA) is 34.1 Å². The fraction of sp³-hybridized carbons (Fsp3) is 1.00. The molecule has 10 heavy (non-hydrogen) atoms. The zero-order valence-electron chi connectivity index (χ0n) is 6.70. The molecule has 0 aromatic rings. The summed E-state index contributed by atoms with van der Waals surface area (Å²) >= 11 is 0. The smallest absolute Gasteiger partial charge is 0.237 e. The molecule has 0 aliphatic heterocycles. The molecule has 0 N–H and O–H groups in total. The number of rotatable bonds is 4. The van der Waals surface area contributed by atoms with E-state index in [0.717, 1.165) is 12.3 Å². The van der Waals surface area contributed by atoms with Crippen LogP contribution in [0.3, 0.4) is 0 Å². The van der Waals surface area contributed by atoms with Gasteiger partial charge in [-0.1, -0.05) is 21.8 Å². The van der Waals surface area contributed by atoms with E-state index in [-0.39, 0.29) is 13.3 Å². The Hall–Kier alpha value is 0.330. The average Bonchev–Trinajstić information content (AvgIpc) is 1.90. The quantitative estimate of drug-likeness (QED) is 0.623. The Morgan fingerprint density at radius 1 is 1.20 bits per heavy atom. The highest BCUT2D eigenvalue weighted by Crippen LogP contribution is 2.47. The summed E-state index contributed by atoms with van der Waals surface area (Å²) in [6.45, 7) is 5.93. The molecule has 0 rings (SSSR count). The van der Waals surface area contributed by atoms with Crippen molar-refractivity contribution in [1.82, 2.24) is 0 Å². The van der Waals surface area contributed by atoms with Gasteiger partial charge in [-0.2, -0.15) is 0 Å². The van der Waals surface area contributed by atoms with Gasteiger partial charge >= 0.3 is 7.68 Å². The van der Waals surface area contributed by atoms with E-state index >= 15 is 0 Å². The summed E-state index contributed by atoms with van der Waals surface area (Å²) in [4.78, 5) is 0. The van der Waals surface area contributed by atoms with Gasteiger partial charge in [0.1, 0.15) is 0 Å². The Labute approximate surface area is 64.0 Å². The Kier molecular flexibility index (Phi) is 5.21. The van der Waals surface area contributed by atoms with Crippen molar-refractivity contribution in [2.45, 2.75) is 26.2 Å². The Morgan fingerprint density at radius 2 is 1.60 bits per heavy atom. The zero-order chi connectivity index (χ0) is 8.15. The van der Waals surface area contributed by atoms with E-state index < -0.39 is 7.68 Å². The lowest BCUT2D eigenvalue weighted by atomic mass is 10.9. The molecule has 0 aliphatic rings. The molecule has 0 saturated heterocycles. The highest BCUT2D eigenvalue weighted by atomic mass is 31.2. The molecule has 4 heteroatoms. The van der Waals surface area contributed by atoms with Gasteiger partial charge in [0.2, 0.25) is 0 Å². The van der Waals surface area contributed by atoms with Crippen LogP contribution in [0.1, 0.15) is 20.8 Å². The molecular formula is C6H14O2P2. The normalized spacial score (nSPS) is 13.6. The molecule has 0 aromatic carbocycles. The highest BCUT2D eigenvalue weighted by molar-refractivity contribution is 7.67. The summed E-state index contributed by atoms with van der Waals surface area (Å²) in [7, 11) is -2.44. The van der Waals surface area contributed by atoms with Crippen LogP contribution >= 0.6 is 15.6 Å². The summed E-state index contributed by atoms with van der Waals surface area (Å²) in [5, 5.41) is -0.0833. The first-order valence-electron chi connectivity index (χ1n) is 3.51. The monoisotopic (exact) mass is 180 g/mol. The molecule has 0 aromatic heterocycles. The van der Waals surface area contributed by atoms with Gasteiger partial charge in [-0.15, -0.1) is 0 Å². The van der Waals surface area contributed by atoms with Crippen LogP contribution in [-0.4, -0.2) is 17.7 Å². The molecule has 0 saturated carbocycles. The molecular weight excluding hydrogens is 166 g/mol. The second-order valence-corrected chi connectivity index (χ2v) is 7.11. The van der Waals surface area contributed by atoms with Crippen molar-refractivity contribution in [1.29, 1.82) is 0 Å². The van der Waals surface area contributed by atoms with E-state index in [0.29, 0.717) is 0 Å². The molecule has 2 nitrogen and oxygen atoms in total. The van der Waals surface area contributed by atoms with Crippen molar-refractivity contribution < 1.29 is 9.13 Å². The van der Waals surface area contributed by atoms with Gasteiger partial charge in [-0.05, 0) is 19.2 Å². The molecule has 0 bridgehead atoms. The third-order valence-corrected chi connectivity index (χ3v) is 6.48. The van der Waals surface area contributed by atoms with Crippen molar-refractivity contribution in [3.05, 3.63) is 0 Å². The van der Waals surface area contributed by atoms with Crippen LogP contribution in [0.5, 0.6) is 0 Å². The minimum absolute atomic E-state index is 0.0833. The van der Waals surface area contributed by atoms with E-state index in [2.05, 4.69) is 13.8 Å². The van der Waals surface area contributed by atoms with Crippen LogP contribution in [0.25, 0.3) is 0 Å². The van der Waals surface area contributed by atoms with E-state index in [1.807, 2.05) is 6.92 Å². The molecule has 0 spiro atoms. The molecule has 1 atom stereocenters. The van der Waals surface area contributed by atoms with Gasteiger partial charge in [0.05, 0.1) is 5.40 Å². The van der Waals surface area contributed by atoms with Gasteiger partial charge in [0.25, 0.3) is 0 Å². The largest absolute Gasteiger partial charge is 0.322 e. The van der Waals surface area contributed by atoms with Gasteiger partial charge in [-0.25, -0.2) is 9.13 Å². The molecule has 0 radical (unpaired) electrons. The predicted octanol–water partition coefficient (Wildman–Crippen LogP) is 3.03. The van der Waals surface area contributed by atoms with Gasteiger partial charge in [0.15, 0.2) is 0 Å². The van der Waals surface area contributed by atoms with E-state index in [4.69, 9.17) is 0 Å². The van der Waals surface area contributed by atoms with Crippen molar-refractivity contribution in [2.24, 2.45) is 0 Å². The van der Waals surface area contributed by atoms with Crippen LogP contribution in [-0.2, 0) is 9.13 Å². The second-order valence-electron chi connectivity index (χ2n) is 2.14. The highest BCUT2D eigenvalue weighted by Gasteiger charge is 2.16. The summed E-state index contributed by atoms with van der Waals surface area (Å²) in [6.07, 6.45) is 2.05. The second kappa shape index (κ2) is 5.04. The fourth-order valence-electron chi connectivity index (χ4n) is 0.885. The molecule has 0 amide bonds. The van der Waals surface area contributed by atoms with E-state index in [9.17, 15) is 9.13 Å². The lowest BCUT2D eigenvalue weighted by molar-refractivity contribution is 0.514. The van der Waals surface area contributed by atoms with Crippen molar-refractivity contribution in [3.8, 4) is 0 Å². The SMILES string of the molecule is CCP(CC)C(C)P(=O)=O. The van der Waals surface area contributed by atoms with Crippen molar-refractivity contribution in [3.63, 3.8) is 0 Å². The Bertz CT molecular complexity index is 142. The van der Waals surface area contributed by atoms with Gasteiger partial charge in [0, 0.05) is 0 Å². The molecule has 0 aliphatic carbocycles. The first-order chi connectivity index (χ1) is 4.63. The van der Waals surface area contributed by atoms with Gasteiger partial charge < -0.3 is 0 Å². The molecule has 0 fully saturated rings. The molecule has 1 unspecified atom stereocenters. The summed E-state index contributed by atoms with van der Waals surface area (Å²) < 4.78 is 21.0.